The molecule has 4 heterocycles. The summed E-state index contributed by atoms with van der Waals surface area (Å²) in [5, 5.41) is 35.5. The van der Waals surface area contributed by atoms with Gasteiger partial charge in [0, 0.05) is 24.7 Å². The number of nitrogens with two attached hydrogens (primary N) is 2. The van der Waals surface area contributed by atoms with Crippen molar-refractivity contribution < 1.29 is 19.8 Å². The molecule has 0 radical (unpaired) electrons. The number of allylic oxidation sites excluding steroid dienone is 4. The van der Waals surface area contributed by atoms with Crippen molar-refractivity contribution in [3.05, 3.63) is 82.5 Å². The van der Waals surface area contributed by atoms with Crippen LogP contribution in [0, 0.1) is 13.8 Å². The van der Waals surface area contributed by atoms with Crippen LogP contribution >= 0.6 is 47.3 Å². The summed E-state index contributed by atoms with van der Waals surface area (Å²) in [6, 6.07) is 7.05. The second-order valence-corrected chi connectivity index (χ2v) is 16.3. The normalized spacial score (nSPS) is 14.1. The van der Waals surface area contributed by atoms with Gasteiger partial charge in [-0.3, -0.25) is 18.7 Å². The van der Waals surface area contributed by atoms with Gasteiger partial charge in [-0.25, -0.2) is 0 Å². The van der Waals surface area contributed by atoms with Gasteiger partial charge < -0.3 is 21.7 Å². The maximum Gasteiger partial charge on any atom is 0.369 e. The van der Waals surface area contributed by atoms with E-state index in [0.717, 1.165) is 23.4 Å². The highest BCUT2D eigenvalue weighted by molar-refractivity contribution is 9.69. The third-order valence-corrected chi connectivity index (χ3v) is 6.72. The number of hydrogen-bond donors (Lipinski definition) is 4. The van der Waals surface area contributed by atoms with Crippen LogP contribution in [0.2, 0.25) is 0 Å². The quantitative estimate of drug-likeness (QED) is 0.169. The number of aryl methyl sites for hydroxylation is 2. The molecule has 0 bridgehead atoms. The van der Waals surface area contributed by atoms with Crippen molar-refractivity contribution in [3.8, 4) is 34.3 Å². The fourth-order valence-electron chi connectivity index (χ4n) is 5.09. The van der Waals surface area contributed by atoms with E-state index < -0.39 is 11.8 Å². The zero-order chi connectivity index (χ0) is 32.1. The molecule has 12 nitrogen and oxygen atoms in total. The Morgan fingerprint density at radius 2 is 1.23 bits per heavy atom. The molecule has 2 aliphatic rings. The van der Waals surface area contributed by atoms with Crippen LogP contribution < -0.4 is 11.5 Å². The Morgan fingerprint density at radius 3 is 1.73 bits per heavy atom. The lowest BCUT2D eigenvalue weighted by atomic mass is 9.95. The van der Waals surface area contributed by atoms with Crippen molar-refractivity contribution in [2.75, 3.05) is 0 Å². The predicted molar refractivity (Wildman–Crippen MR) is 179 cm³/mol. The van der Waals surface area contributed by atoms with Crippen LogP contribution in [0.4, 0.5) is 0 Å². The standard InChI is InChI=1S/C15H16N4O.C13H12N4O3.BBr3/c1-9-7-10(2)12-11(8-9)5-3-4-6-19-14(12)17-18-15(19)13(16)20;14-11(20)13-16-15-12-10-7(3-1-2-4-17(12)13)5-8(18)6-9(10)19;2-1(3)4/h3-4,7-8H,5-6H2,1-2H3,(H2,16,20);1-2,5-6,18-19H,3-4H2,(H2,14,20);/b4-3-;2-1-;. The molecule has 2 aromatic heterocycles. The Morgan fingerprint density at radius 1 is 0.750 bits per heavy atom. The largest absolute Gasteiger partial charge is 0.508 e. The summed E-state index contributed by atoms with van der Waals surface area (Å²) in [7, 11) is 0. The Kier molecular flexibility index (Phi) is 10.8. The fourth-order valence-corrected chi connectivity index (χ4v) is 5.09. The van der Waals surface area contributed by atoms with E-state index in [1.54, 1.807) is 10.6 Å². The molecule has 2 aromatic carbocycles. The number of nitrogens with zero attached hydrogens (tertiary/aromatic N) is 6. The summed E-state index contributed by atoms with van der Waals surface area (Å²) in [6.45, 7) is 5.09. The second kappa shape index (κ2) is 14.4. The summed E-state index contributed by atoms with van der Waals surface area (Å²) < 4.78 is 3.58. The van der Waals surface area contributed by atoms with E-state index in [-0.39, 0.29) is 26.3 Å². The summed E-state index contributed by atoms with van der Waals surface area (Å²) in [5.74, 6) is -0.0632. The number of phenols is 2. The van der Waals surface area contributed by atoms with Crippen molar-refractivity contribution >= 4 is 62.3 Å². The number of phenolic OH excluding ortho intramolecular Hbond substituents is 2. The highest BCUT2D eigenvalue weighted by atomic mass is 79.9. The molecule has 0 saturated carbocycles. The molecule has 0 spiro atoms. The molecule has 0 aliphatic carbocycles. The molecule has 2 aliphatic heterocycles. The molecule has 0 unspecified atom stereocenters. The summed E-state index contributed by atoms with van der Waals surface area (Å²) in [6.07, 6.45) is 9.24. The van der Waals surface area contributed by atoms with Crippen molar-refractivity contribution in [1.82, 2.24) is 29.5 Å². The van der Waals surface area contributed by atoms with Crippen molar-refractivity contribution in [2.45, 2.75) is 39.8 Å². The van der Waals surface area contributed by atoms with Gasteiger partial charge in [0.15, 0.2) is 11.6 Å². The van der Waals surface area contributed by atoms with Gasteiger partial charge in [0.25, 0.3) is 11.8 Å². The van der Waals surface area contributed by atoms with Crippen molar-refractivity contribution in [3.63, 3.8) is 0 Å². The molecule has 228 valence electrons. The molecular formula is C28H28BBr3N8O4. The number of benzene rings is 2. The molecule has 2 amide bonds. The first kappa shape index (κ1) is 33.1. The number of rotatable bonds is 2. The van der Waals surface area contributed by atoms with Crippen LogP contribution in [0.15, 0.2) is 48.6 Å². The van der Waals surface area contributed by atoms with Crippen molar-refractivity contribution in [1.29, 1.82) is 0 Å². The number of amides is 2. The van der Waals surface area contributed by atoms with E-state index in [4.69, 9.17) is 11.5 Å². The zero-order valence-electron chi connectivity index (χ0n) is 23.7. The zero-order valence-corrected chi connectivity index (χ0v) is 28.5. The van der Waals surface area contributed by atoms with Crippen LogP contribution in [0.25, 0.3) is 22.8 Å². The van der Waals surface area contributed by atoms with Gasteiger partial charge in [0.2, 0.25) is 11.6 Å². The highest BCUT2D eigenvalue weighted by Gasteiger charge is 2.24. The SMILES string of the molecule is BrB(Br)Br.Cc1cc(C)c2c(c1)C/C=C\Cn1c(C(N)=O)nnc1-2.NC(=O)c1nnc2n1C/C=C\Cc1cc(O)cc(O)c1-2. The number of aromatic nitrogens is 6. The van der Waals surface area contributed by atoms with Gasteiger partial charge in [-0.05, 0) is 49.4 Å². The second-order valence-electron chi connectivity index (χ2n) is 9.86. The molecule has 44 heavy (non-hydrogen) atoms. The van der Waals surface area contributed by atoms with Gasteiger partial charge in [0.1, 0.15) is 11.5 Å². The topological polar surface area (TPSA) is 188 Å². The molecule has 0 saturated heterocycles. The Balaban J connectivity index is 0.000000179. The van der Waals surface area contributed by atoms with Crippen LogP contribution in [0.5, 0.6) is 11.5 Å². The minimum atomic E-state index is -0.683. The Labute approximate surface area is 278 Å². The Hall–Kier alpha value is -3.76. The molecule has 6 N–H and O–H groups in total. The number of hydrogen-bond acceptors (Lipinski definition) is 8. The average molecular weight is 791 g/mol. The van der Waals surface area contributed by atoms with Crippen LogP contribution in [0.1, 0.15) is 43.5 Å². The Bertz CT molecular complexity index is 1660. The number of halogens is 3. The minimum Gasteiger partial charge on any atom is -0.508 e. The molecule has 0 atom stereocenters. The first-order valence-electron chi connectivity index (χ1n) is 13.2. The number of fused-ring (bicyclic) bond motifs is 6. The lowest BCUT2D eigenvalue weighted by Crippen LogP contribution is -2.19. The average Bonchev–Trinajstić information content (AvgIpc) is 3.50. The maximum atomic E-state index is 11.5. The van der Waals surface area contributed by atoms with E-state index in [9.17, 15) is 19.8 Å². The van der Waals surface area contributed by atoms with E-state index in [1.165, 1.54) is 21.8 Å². The van der Waals surface area contributed by atoms with E-state index in [1.807, 2.05) is 18.2 Å². The van der Waals surface area contributed by atoms with Gasteiger partial charge >= 0.3 is 3.18 Å². The number of carbonyl (C=O) groups is 2. The van der Waals surface area contributed by atoms with Gasteiger partial charge in [0.05, 0.1) is 5.56 Å². The maximum absolute atomic E-state index is 11.5. The molecule has 6 rings (SSSR count). The van der Waals surface area contributed by atoms with Crippen molar-refractivity contribution in [2.24, 2.45) is 11.5 Å². The van der Waals surface area contributed by atoms with E-state index in [2.05, 4.69) is 99.7 Å². The highest BCUT2D eigenvalue weighted by Crippen LogP contribution is 2.36. The summed E-state index contributed by atoms with van der Waals surface area (Å²) >= 11 is 9.31. The lowest BCUT2D eigenvalue weighted by molar-refractivity contribution is 0.0978. The summed E-state index contributed by atoms with van der Waals surface area (Å²) in [5.41, 5.74) is 16.4. The van der Waals surface area contributed by atoms with E-state index >= 15 is 0 Å². The first-order chi connectivity index (χ1) is 20.9. The summed E-state index contributed by atoms with van der Waals surface area (Å²) in [4.78, 5) is 22.8. The lowest BCUT2D eigenvalue weighted by Gasteiger charge is -2.16. The molecule has 4 aromatic rings. The predicted octanol–water partition coefficient (Wildman–Crippen LogP) is 4.50. The van der Waals surface area contributed by atoms with Crippen LogP contribution in [-0.2, 0) is 25.9 Å². The van der Waals surface area contributed by atoms with E-state index in [0.29, 0.717) is 36.5 Å². The first-order valence-corrected chi connectivity index (χ1v) is 16.0. The number of aromatic hydroxyl groups is 2. The third kappa shape index (κ3) is 7.48. The van der Waals surface area contributed by atoms with Gasteiger partial charge in [-0.15, -0.1) is 67.7 Å². The van der Waals surface area contributed by atoms with Gasteiger partial charge in [-0.1, -0.05) is 42.0 Å². The monoisotopic (exact) mass is 788 g/mol. The number of carbonyl (C=O) groups excluding carboxylic acids is 2. The smallest absolute Gasteiger partial charge is 0.369 e. The molecule has 0 fully saturated rings. The molecule has 16 heteroatoms. The van der Waals surface area contributed by atoms with Gasteiger partial charge in [-0.2, -0.15) is 0 Å². The minimum absolute atomic E-state index is 0.0311. The van der Waals surface area contributed by atoms with Crippen LogP contribution in [-0.4, -0.2) is 54.7 Å². The third-order valence-electron chi connectivity index (χ3n) is 6.72. The van der Waals surface area contributed by atoms with Crippen LogP contribution in [0.3, 0.4) is 0 Å². The molecular weight excluding hydrogens is 763 g/mol. The fraction of sp³-hybridized carbons (Fsp3) is 0.214. The number of primary amides is 2.